The molecule has 0 radical (unpaired) electrons. The van der Waals surface area contributed by atoms with E-state index < -0.39 is 17.6 Å². The van der Waals surface area contributed by atoms with Crippen LogP contribution in [0.4, 0.5) is 0 Å². The lowest BCUT2D eigenvalue weighted by molar-refractivity contribution is 0.223. The lowest BCUT2D eigenvalue weighted by atomic mass is 10.4. The number of hydrogen-bond acceptors (Lipinski definition) is 8. The first-order valence-electron chi connectivity index (χ1n) is 4.80. The summed E-state index contributed by atoms with van der Waals surface area (Å²) < 4.78 is 4.79. The van der Waals surface area contributed by atoms with Gasteiger partial charge < -0.3 is 39.2 Å². The molecule has 0 spiro atoms. The average Bonchev–Trinajstić information content (AvgIpc) is 2.80. The Morgan fingerprint density at radius 1 is 1.00 bits per heavy atom. The molecule has 0 aliphatic carbocycles. The highest BCUT2D eigenvalue weighted by Gasteiger charge is 2.31. The van der Waals surface area contributed by atoms with Gasteiger partial charge in [0, 0.05) is 12.1 Å². The Labute approximate surface area is 95.3 Å². The van der Waals surface area contributed by atoms with Crippen LogP contribution in [0, 0.1) is 0 Å². The molecule has 98 valence electrons. The van der Waals surface area contributed by atoms with E-state index in [0.717, 1.165) is 0 Å². The number of epoxide rings is 1. The molecule has 0 aromatic carbocycles. The van der Waals surface area contributed by atoms with Crippen LogP contribution in [0.5, 0.6) is 0 Å². The average molecular weight is 273 g/mol. The largest absolute Gasteiger partial charge is 0.494 e. The molecular weight excluding hydrogens is 254 g/mol. The summed E-state index contributed by atoms with van der Waals surface area (Å²) in [6.07, 6.45) is 0.735. The minimum atomic E-state index is -3.78. The molecule has 10 heteroatoms. The third-order valence-electron chi connectivity index (χ3n) is 1.68. The molecule has 1 heterocycles. The van der Waals surface area contributed by atoms with Crippen molar-refractivity contribution < 1.29 is 33.5 Å². The number of rotatable bonds is 5. The van der Waals surface area contributed by atoms with Crippen LogP contribution in [0.15, 0.2) is 0 Å². The minimum Gasteiger partial charge on any atom is -0.390 e. The van der Waals surface area contributed by atoms with E-state index in [1.807, 2.05) is 0 Å². The maximum absolute atomic E-state index is 8.49. The summed E-state index contributed by atoms with van der Waals surface area (Å²) in [7, 11) is -7.54. The van der Waals surface area contributed by atoms with Crippen molar-refractivity contribution in [3.63, 3.8) is 0 Å². The zero-order valence-electron chi connectivity index (χ0n) is 8.78. The van der Waals surface area contributed by atoms with Gasteiger partial charge in [-0.25, -0.2) is 0 Å². The Hall–Kier alpha value is 0.114. The molecule has 1 saturated heterocycles. The van der Waals surface area contributed by atoms with Gasteiger partial charge in [-0.3, -0.25) is 0 Å². The van der Waals surface area contributed by atoms with Gasteiger partial charge in [-0.05, 0) is 13.0 Å². The zero-order valence-corrected chi connectivity index (χ0v) is 10.8. The van der Waals surface area contributed by atoms with Gasteiger partial charge in [0.15, 0.2) is 0 Å². The lowest BCUT2D eigenvalue weighted by Gasteiger charge is -2.06. The molecule has 0 aromatic heterocycles. The van der Waals surface area contributed by atoms with Crippen LogP contribution in [0.1, 0.15) is 6.42 Å². The van der Waals surface area contributed by atoms with Gasteiger partial charge in [-0.15, -0.1) is 0 Å². The monoisotopic (exact) mass is 273 g/mol. The fourth-order valence-corrected chi connectivity index (χ4v) is 1.88. The molecule has 1 aliphatic heterocycles. The third-order valence-corrected chi connectivity index (χ3v) is 3.60. The highest BCUT2D eigenvalue weighted by atomic mass is 28.4. The van der Waals surface area contributed by atoms with E-state index in [1.54, 1.807) is 0 Å². The van der Waals surface area contributed by atoms with E-state index in [1.165, 1.54) is 0 Å². The van der Waals surface area contributed by atoms with Crippen molar-refractivity contribution in [2.24, 2.45) is 5.73 Å². The summed E-state index contributed by atoms with van der Waals surface area (Å²) in [6.45, 7) is 0.820. The summed E-state index contributed by atoms with van der Waals surface area (Å²) in [5.74, 6) is 0. The number of ether oxygens (including phenoxy) is 1. The van der Waals surface area contributed by atoms with Gasteiger partial charge in [0.1, 0.15) is 0 Å². The second-order valence-corrected chi connectivity index (χ2v) is 7.68. The molecule has 16 heavy (non-hydrogen) atoms. The molecule has 1 aliphatic rings. The Morgan fingerprint density at radius 3 is 1.62 bits per heavy atom. The fraction of sp³-hybridized carbons (Fsp3) is 1.00. The molecule has 8 nitrogen and oxygen atoms in total. The van der Waals surface area contributed by atoms with Gasteiger partial charge in [-0.1, -0.05) is 0 Å². The van der Waals surface area contributed by atoms with Crippen LogP contribution in [0.3, 0.4) is 0 Å². The first-order valence-corrected chi connectivity index (χ1v) is 8.90. The van der Waals surface area contributed by atoms with Gasteiger partial charge in [0.05, 0.1) is 12.7 Å². The summed E-state index contributed by atoms with van der Waals surface area (Å²) in [6, 6.07) is 0.0185. The van der Waals surface area contributed by atoms with Crippen LogP contribution in [-0.4, -0.2) is 65.6 Å². The second-order valence-electron chi connectivity index (χ2n) is 3.58. The van der Waals surface area contributed by atoms with Crippen molar-refractivity contribution in [2.45, 2.75) is 24.6 Å². The highest BCUT2D eigenvalue weighted by Crippen LogP contribution is 2.17. The Balaban J connectivity index is 0.000000293. The van der Waals surface area contributed by atoms with Gasteiger partial charge in [-0.2, -0.15) is 0 Å². The van der Waals surface area contributed by atoms with Gasteiger partial charge in [0.25, 0.3) is 0 Å². The van der Waals surface area contributed by atoms with E-state index in [2.05, 4.69) is 0 Å². The molecule has 1 unspecified atom stereocenters. The summed E-state index contributed by atoms with van der Waals surface area (Å²) >= 11 is 0. The molecule has 1 atom stereocenters. The minimum absolute atomic E-state index is 0.0764. The summed E-state index contributed by atoms with van der Waals surface area (Å²) in [5, 5.41) is 0. The SMILES string of the molecule is NCC[Si](O)(O)O.O[Si](O)(O)CCC1CO1. The predicted molar refractivity (Wildman–Crippen MR) is 57.8 cm³/mol. The van der Waals surface area contributed by atoms with Crippen LogP contribution in [0.25, 0.3) is 0 Å². The van der Waals surface area contributed by atoms with Crippen LogP contribution in [-0.2, 0) is 4.74 Å². The second kappa shape index (κ2) is 6.75. The van der Waals surface area contributed by atoms with Gasteiger partial charge in [0.2, 0.25) is 0 Å². The summed E-state index contributed by atoms with van der Waals surface area (Å²) in [4.78, 5) is 50.0. The van der Waals surface area contributed by atoms with Crippen LogP contribution >= 0.6 is 0 Å². The topological polar surface area (TPSA) is 160 Å². The Morgan fingerprint density at radius 2 is 1.44 bits per heavy atom. The van der Waals surface area contributed by atoms with E-state index in [4.69, 9.17) is 39.2 Å². The Bertz CT molecular complexity index is 188. The molecule has 0 saturated carbocycles. The quantitative estimate of drug-likeness (QED) is 0.201. The first-order chi connectivity index (χ1) is 7.14. The van der Waals surface area contributed by atoms with E-state index in [-0.39, 0.29) is 24.7 Å². The molecule has 0 aromatic rings. The number of nitrogens with two attached hydrogens (primary N) is 1. The van der Waals surface area contributed by atoms with Crippen LogP contribution < -0.4 is 5.73 Å². The van der Waals surface area contributed by atoms with Crippen molar-refractivity contribution in [1.82, 2.24) is 0 Å². The van der Waals surface area contributed by atoms with Crippen molar-refractivity contribution in [3.8, 4) is 0 Å². The smallest absolute Gasteiger partial charge is 0.390 e. The van der Waals surface area contributed by atoms with E-state index in [0.29, 0.717) is 13.0 Å². The van der Waals surface area contributed by atoms with Crippen LogP contribution in [0.2, 0.25) is 12.1 Å². The highest BCUT2D eigenvalue weighted by molar-refractivity contribution is 6.56. The number of hydrogen-bond donors (Lipinski definition) is 7. The predicted octanol–water partition coefficient (Wildman–Crippen LogP) is -3.45. The fourth-order valence-electron chi connectivity index (χ4n) is 0.783. The lowest BCUT2D eigenvalue weighted by Crippen LogP contribution is -2.36. The van der Waals surface area contributed by atoms with E-state index in [9.17, 15) is 0 Å². The first kappa shape index (κ1) is 16.1. The third kappa shape index (κ3) is 14.1. The van der Waals surface area contributed by atoms with Crippen molar-refractivity contribution in [3.05, 3.63) is 0 Å². The van der Waals surface area contributed by atoms with Crippen molar-refractivity contribution in [2.75, 3.05) is 13.2 Å². The molecule has 1 rings (SSSR count). The van der Waals surface area contributed by atoms with Crippen molar-refractivity contribution in [1.29, 1.82) is 0 Å². The summed E-state index contributed by atoms with van der Waals surface area (Å²) in [5.41, 5.74) is 4.87. The van der Waals surface area contributed by atoms with Crippen molar-refractivity contribution >= 4 is 17.6 Å². The maximum atomic E-state index is 8.49. The molecule has 0 amide bonds. The molecule has 1 fully saturated rings. The molecule has 0 bridgehead atoms. The normalized spacial score (nSPS) is 20.1. The van der Waals surface area contributed by atoms with E-state index >= 15 is 0 Å². The molecular formula is C6H19NO7Si2. The Kier molecular flexibility index (Phi) is 6.80. The molecule has 8 N–H and O–H groups in total. The maximum Gasteiger partial charge on any atom is 0.494 e. The zero-order chi connectivity index (χ0) is 12.8. The van der Waals surface area contributed by atoms with Gasteiger partial charge >= 0.3 is 17.6 Å². The standard InChI is InChI=1S/C4H10O4Si.C2H9NO3Si/c5-9(6,7)2-1-4-3-8-4;3-1-2-7(4,5)6/h4-7H,1-3H2;4-6H,1-3H2.